The molecule has 0 fully saturated rings. The zero-order valence-corrected chi connectivity index (χ0v) is 11.8. The Morgan fingerprint density at radius 3 is 2.71 bits per heavy atom. The topological polar surface area (TPSA) is 29.9 Å². The second kappa shape index (κ2) is 5.02. The van der Waals surface area contributed by atoms with Gasteiger partial charge in [0.25, 0.3) is 0 Å². The number of rotatable bonds is 3. The number of nitrogens with zero attached hydrogens (tertiary/aromatic N) is 2. The summed E-state index contributed by atoms with van der Waals surface area (Å²) in [5.41, 5.74) is 2.38. The first kappa shape index (κ1) is 12.3. The Morgan fingerprint density at radius 1 is 1.41 bits per heavy atom. The van der Waals surface area contributed by atoms with E-state index in [1.807, 2.05) is 26.4 Å². The highest BCUT2D eigenvalue weighted by Crippen LogP contribution is 2.26. The van der Waals surface area contributed by atoms with Crippen LogP contribution in [0, 0.1) is 6.92 Å². The van der Waals surface area contributed by atoms with E-state index in [0.717, 1.165) is 16.0 Å². The van der Waals surface area contributed by atoms with Crippen LogP contribution in [0.3, 0.4) is 0 Å². The van der Waals surface area contributed by atoms with E-state index >= 15 is 0 Å². The largest absolute Gasteiger partial charge is 0.313 e. The van der Waals surface area contributed by atoms with Crippen LogP contribution < -0.4 is 5.32 Å². The zero-order valence-electron chi connectivity index (χ0n) is 10.2. The number of imidazole rings is 1. The molecule has 3 nitrogen and oxygen atoms in total. The van der Waals surface area contributed by atoms with E-state index < -0.39 is 0 Å². The molecule has 0 bridgehead atoms. The fourth-order valence-electron chi connectivity index (χ4n) is 1.82. The average molecular weight is 294 g/mol. The van der Waals surface area contributed by atoms with Gasteiger partial charge in [0.1, 0.15) is 5.82 Å². The minimum atomic E-state index is 0.335. The molecule has 0 saturated heterocycles. The molecular weight excluding hydrogens is 278 g/mol. The van der Waals surface area contributed by atoms with Crippen molar-refractivity contribution in [2.45, 2.75) is 19.9 Å². The first-order valence-electron chi connectivity index (χ1n) is 5.60. The predicted molar refractivity (Wildman–Crippen MR) is 73.5 cm³/mol. The molecule has 1 aromatic heterocycles. The zero-order chi connectivity index (χ0) is 12.4. The summed E-state index contributed by atoms with van der Waals surface area (Å²) in [6.45, 7) is 4.14. The van der Waals surface area contributed by atoms with Gasteiger partial charge in [0.2, 0.25) is 0 Å². The van der Waals surface area contributed by atoms with Gasteiger partial charge >= 0.3 is 0 Å². The fourth-order valence-corrected chi connectivity index (χ4v) is 2.53. The summed E-state index contributed by atoms with van der Waals surface area (Å²) in [5.74, 6) is 0.992. The molecule has 0 aliphatic rings. The Labute approximate surface area is 110 Å². The van der Waals surface area contributed by atoms with Crippen LogP contribution in [0.5, 0.6) is 0 Å². The number of aromatic nitrogens is 2. The van der Waals surface area contributed by atoms with Crippen LogP contribution in [0.15, 0.2) is 35.1 Å². The summed E-state index contributed by atoms with van der Waals surface area (Å²) >= 11 is 3.62. The van der Waals surface area contributed by atoms with Gasteiger partial charge in [-0.2, -0.15) is 0 Å². The molecule has 90 valence electrons. The molecule has 4 heteroatoms. The summed E-state index contributed by atoms with van der Waals surface area (Å²) in [4.78, 5) is 4.23. The van der Waals surface area contributed by atoms with Gasteiger partial charge in [0.15, 0.2) is 0 Å². The van der Waals surface area contributed by atoms with Crippen molar-refractivity contribution in [2.75, 3.05) is 7.05 Å². The smallest absolute Gasteiger partial charge is 0.110 e. The summed E-state index contributed by atoms with van der Waals surface area (Å²) < 4.78 is 3.18. The Bertz CT molecular complexity index is 519. The molecule has 1 aromatic carbocycles. The molecule has 2 aromatic rings. The SMILES string of the molecule is CNC(C)c1ccc(-n2ccnc2C)cc1Br. The maximum Gasteiger partial charge on any atom is 0.110 e. The normalized spacial score (nSPS) is 12.7. The Morgan fingerprint density at radius 2 is 2.18 bits per heavy atom. The fraction of sp³-hybridized carbons (Fsp3) is 0.308. The van der Waals surface area contributed by atoms with Crippen LogP contribution in [0.1, 0.15) is 24.4 Å². The molecule has 1 heterocycles. The maximum atomic E-state index is 4.23. The molecule has 0 spiro atoms. The minimum absolute atomic E-state index is 0.335. The first-order valence-corrected chi connectivity index (χ1v) is 6.40. The van der Waals surface area contributed by atoms with Crippen LogP contribution in [0.4, 0.5) is 0 Å². The molecule has 0 aliphatic carbocycles. The van der Waals surface area contributed by atoms with Crippen LogP contribution in [0.25, 0.3) is 5.69 Å². The number of benzene rings is 1. The lowest BCUT2D eigenvalue weighted by Gasteiger charge is -2.14. The third kappa shape index (κ3) is 2.42. The molecule has 0 amide bonds. The van der Waals surface area contributed by atoms with Gasteiger partial charge < -0.3 is 9.88 Å². The number of nitrogens with one attached hydrogen (secondary N) is 1. The Balaban J connectivity index is 2.41. The van der Waals surface area contributed by atoms with Crippen molar-refractivity contribution in [3.8, 4) is 5.69 Å². The molecule has 1 N–H and O–H groups in total. The summed E-state index contributed by atoms with van der Waals surface area (Å²) in [6.07, 6.45) is 3.78. The highest BCUT2D eigenvalue weighted by atomic mass is 79.9. The molecule has 17 heavy (non-hydrogen) atoms. The molecule has 0 saturated carbocycles. The van der Waals surface area contributed by atoms with Crippen LogP contribution in [-0.4, -0.2) is 16.6 Å². The van der Waals surface area contributed by atoms with E-state index in [1.54, 1.807) is 0 Å². The van der Waals surface area contributed by atoms with Gasteiger partial charge in [-0.05, 0) is 38.6 Å². The van der Waals surface area contributed by atoms with Crippen molar-refractivity contribution in [2.24, 2.45) is 0 Å². The van der Waals surface area contributed by atoms with Crippen molar-refractivity contribution in [3.05, 3.63) is 46.5 Å². The van der Waals surface area contributed by atoms with E-state index in [-0.39, 0.29) is 0 Å². The minimum Gasteiger partial charge on any atom is -0.313 e. The van der Waals surface area contributed by atoms with Gasteiger partial charge in [0, 0.05) is 28.6 Å². The van der Waals surface area contributed by atoms with E-state index in [1.165, 1.54) is 5.56 Å². The Kier molecular flexibility index (Phi) is 3.64. The third-order valence-corrected chi connectivity index (χ3v) is 3.67. The van der Waals surface area contributed by atoms with E-state index in [9.17, 15) is 0 Å². The summed E-state index contributed by atoms with van der Waals surface area (Å²) in [6, 6.07) is 6.71. The molecule has 0 radical (unpaired) electrons. The Hall–Kier alpha value is -1.13. The van der Waals surface area contributed by atoms with E-state index in [4.69, 9.17) is 0 Å². The molecule has 2 rings (SSSR count). The quantitative estimate of drug-likeness (QED) is 0.942. The monoisotopic (exact) mass is 293 g/mol. The molecule has 1 atom stereocenters. The van der Waals surface area contributed by atoms with Crippen LogP contribution in [0.2, 0.25) is 0 Å². The van der Waals surface area contributed by atoms with E-state index in [0.29, 0.717) is 6.04 Å². The maximum absolute atomic E-state index is 4.23. The summed E-state index contributed by atoms with van der Waals surface area (Å²) in [7, 11) is 1.96. The number of hydrogen-bond donors (Lipinski definition) is 1. The molecule has 1 unspecified atom stereocenters. The van der Waals surface area contributed by atoms with Crippen molar-refractivity contribution in [1.82, 2.24) is 14.9 Å². The van der Waals surface area contributed by atoms with Gasteiger partial charge in [-0.15, -0.1) is 0 Å². The predicted octanol–water partition coefficient (Wildman–Crippen LogP) is 3.22. The summed E-state index contributed by atoms with van der Waals surface area (Å²) in [5, 5.41) is 3.24. The molecule has 0 aliphatic heterocycles. The third-order valence-electron chi connectivity index (χ3n) is 2.99. The van der Waals surface area contributed by atoms with Gasteiger partial charge in [-0.25, -0.2) is 4.98 Å². The van der Waals surface area contributed by atoms with E-state index in [2.05, 4.69) is 55.9 Å². The second-order valence-electron chi connectivity index (χ2n) is 4.06. The standard InChI is InChI=1S/C13H16BrN3/c1-9(15-3)12-5-4-11(8-13(12)14)17-7-6-16-10(17)2/h4-9,15H,1-3H3. The number of hydrogen-bond acceptors (Lipinski definition) is 2. The average Bonchev–Trinajstić information content (AvgIpc) is 2.74. The van der Waals surface area contributed by atoms with Crippen molar-refractivity contribution >= 4 is 15.9 Å². The molecular formula is C13H16BrN3. The van der Waals surface area contributed by atoms with Gasteiger partial charge in [0.05, 0.1) is 0 Å². The lowest BCUT2D eigenvalue weighted by Crippen LogP contribution is -2.13. The van der Waals surface area contributed by atoms with Gasteiger partial charge in [-0.3, -0.25) is 0 Å². The van der Waals surface area contributed by atoms with Crippen LogP contribution in [-0.2, 0) is 0 Å². The number of aryl methyl sites for hydroxylation is 1. The van der Waals surface area contributed by atoms with Crippen molar-refractivity contribution in [1.29, 1.82) is 0 Å². The van der Waals surface area contributed by atoms with Gasteiger partial charge in [-0.1, -0.05) is 22.0 Å². The second-order valence-corrected chi connectivity index (χ2v) is 4.91. The van der Waals surface area contributed by atoms with Crippen molar-refractivity contribution in [3.63, 3.8) is 0 Å². The van der Waals surface area contributed by atoms with Crippen molar-refractivity contribution < 1.29 is 0 Å². The number of halogens is 1. The van der Waals surface area contributed by atoms with Crippen LogP contribution >= 0.6 is 15.9 Å². The highest BCUT2D eigenvalue weighted by molar-refractivity contribution is 9.10. The highest BCUT2D eigenvalue weighted by Gasteiger charge is 2.09. The first-order chi connectivity index (χ1) is 8.13. The lowest BCUT2D eigenvalue weighted by molar-refractivity contribution is 0.649. The lowest BCUT2D eigenvalue weighted by atomic mass is 10.1.